The Bertz CT molecular complexity index is 1210. The van der Waals surface area contributed by atoms with E-state index in [0.717, 1.165) is 34.1 Å². The third kappa shape index (κ3) is 4.97. The van der Waals surface area contributed by atoms with E-state index in [2.05, 4.69) is 20.7 Å². The fourth-order valence-corrected chi connectivity index (χ4v) is 3.37. The number of ether oxygens (including phenoxy) is 1. The maximum absolute atomic E-state index is 12.3. The number of amides is 2. The van der Waals surface area contributed by atoms with Crippen molar-refractivity contribution in [3.05, 3.63) is 77.9 Å². The summed E-state index contributed by atoms with van der Waals surface area (Å²) in [6.45, 7) is 4.38. The summed E-state index contributed by atoms with van der Waals surface area (Å²) in [6, 6.07) is 16.8. The molecular weight excluding hydrogens is 406 g/mol. The van der Waals surface area contributed by atoms with Gasteiger partial charge < -0.3 is 19.8 Å². The molecule has 0 fully saturated rings. The van der Waals surface area contributed by atoms with Gasteiger partial charge in [-0.2, -0.15) is 5.10 Å². The molecule has 0 aliphatic carbocycles. The predicted octanol–water partition coefficient (Wildman–Crippen LogP) is 4.52. The van der Waals surface area contributed by atoms with E-state index >= 15 is 0 Å². The van der Waals surface area contributed by atoms with Crippen LogP contribution in [0.3, 0.4) is 0 Å². The van der Waals surface area contributed by atoms with Gasteiger partial charge in [-0.05, 0) is 62.4 Å². The number of nitrogens with zero attached hydrogens (tertiary/aromatic N) is 3. The number of benzene rings is 2. The Morgan fingerprint density at radius 3 is 2.66 bits per heavy atom. The van der Waals surface area contributed by atoms with Crippen LogP contribution in [0.1, 0.15) is 17.1 Å². The summed E-state index contributed by atoms with van der Waals surface area (Å²) in [5.41, 5.74) is 5.19. The molecule has 8 heteroatoms. The van der Waals surface area contributed by atoms with Crippen molar-refractivity contribution in [1.82, 2.24) is 20.1 Å². The lowest BCUT2D eigenvalue weighted by molar-refractivity contribution is 0.252. The highest BCUT2D eigenvalue weighted by Gasteiger charge is 2.09. The van der Waals surface area contributed by atoms with Crippen LogP contribution in [0.2, 0.25) is 0 Å². The number of rotatable bonds is 7. The predicted molar refractivity (Wildman–Crippen MR) is 122 cm³/mol. The van der Waals surface area contributed by atoms with Crippen LogP contribution < -0.4 is 15.4 Å². The molecule has 0 atom stereocenters. The molecule has 2 aromatic carbocycles. The largest absolute Gasteiger partial charge is 0.497 e. The molecule has 0 saturated heterocycles. The first-order chi connectivity index (χ1) is 15.5. The van der Waals surface area contributed by atoms with Crippen LogP contribution in [0.25, 0.3) is 17.1 Å². The van der Waals surface area contributed by atoms with Gasteiger partial charge in [0.2, 0.25) is 5.89 Å². The van der Waals surface area contributed by atoms with Gasteiger partial charge in [0, 0.05) is 29.9 Å². The van der Waals surface area contributed by atoms with E-state index in [0.29, 0.717) is 24.5 Å². The van der Waals surface area contributed by atoms with Gasteiger partial charge in [0.25, 0.3) is 0 Å². The smallest absolute Gasteiger partial charge is 0.319 e. The molecule has 4 aromatic rings. The second-order valence-electron chi connectivity index (χ2n) is 7.39. The average Bonchev–Trinajstić information content (AvgIpc) is 3.40. The number of aryl methyl sites for hydroxylation is 2. The Hall–Kier alpha value is -4.07. The van der Waals surface area contributed by atoms with Crippen LogP contribution in [0.4, 0.5) is 10.5 Å². The maximum atomic E-state index is 12.3. The number of methoxy groups -OCH3 is 1. The summed E-state index contributed by atoms with van der Waals surface area (Å²) in [5.74, 6) is 1.31. The minimum atomic E-state index is -0.283. The molecule has 2 N–H and O–H groups in total. The molecule has 2 aromatic heterocycles. The highest BCUT2D eigenvalue weighted by Crippen LogP contribution is 2.22. The van der Waals surface area contributed by atoms with Crippen molar-refractivity contribution in [3.63, 3.8) is 0 Å². The van der Waals surface area contributed by atoms with Crippen molar-refractivity contribution in [3.8, 4) is 22.9 Å². The van der Waals surface area contributed by atoms with Crippen molar-refractivity contribution in [2.75, 3.05) is 19.0 Å². The van der Waals surface area contributed by atoms with Gasteiger partial charge in [0.1, 0.15) is 12.0 Å². The SMILES string of the molecule is COc1ccc(-c2nc(CCNC(=O)Nc3cccc(-n4nc(C)cc4C)c3)co2)cc1. The molecule has 0 radical (unpaired) electrons. The third-order valence-corrected chi connectivity index (χ3v) is 4.91. The van der Waals surface area contributed by atoms with Gasteiger partial charge in [-0.15, -0.1) is 0 Å². The second kappa shape index (κ2) is 9.38. The van der Waals surface area contributed by atoms with Gasteiger partial charge in [0.15, 0.2) is 0 Å². The highest BCUT2D eigenvalue weighted by atomic mass is 16.5. The Morgan fingerprint density at radius 2 is 1.94 bits per heavy atom. The summed E-state index contributed by atoms with van der Waals surface area (Å²) in [7, 11) is 1.62. The summed E-state index contributed by atoms with van der Waals surface area (Å²) in [5, 5.41) is 10.2. The van der Waals surface area contributed by atoms with Crippen molar-refractivity contribution in [1.29, 1.82) is 0 Å². The maximum Gasteiger partial charge on any atom is 0.319 e. The Kier molecular flexibility index (Phi) is 6.21. The van der Waals surface area contributed by atoms with Crippen molar-refractivity contribution >= 4 is 11.7 Å². The number of anilines is 1. The first-order valence-corrected chi connectivity index (χ1v) is 10.3. The van der Waals surface area contributed by atoms with Crippen LogP contribution in [-0.2, 0) is 6.42 Å². The number of urea groups is 1. The van der Waals surface area contributed by atoms with Crippen molar-refractivity contribution < 1.29 is 13.9 Å². The fraction of sp³-hybridized carbons (Fsp3) is 0.208. The molecule has 164 valence electrons. The number of hydrogen-bond acceptors (Lipinski definition) is 5. The lowest BCUT2D eigenvalue weighted by atomic mass is 10.2. The first-order valence-electron chi connectivity index (χ1n) is 10.3. The standard InChI is InChI=1S/C24H25N5O3/c1-16-13-17(2)29(28-16)21-6-4-5-19(14-21)27-24(30)25-12-11-20-15-32-23(26-20)18-7-9-22(31-3)10-8-18/h4-10,13-15H,11-12H2,1-3H3,(H2,25,27,30). The number of aromatic nitrogens is 3. The molecule has 2 amide bonds. The fourth-order valence-electron chi connectivity index (χ4n) is 3.37. The molecule has 0 aliphatic heterocycles. The van der Waals surface area contributed by atoms with E-state index in [9.17, 15) is 4.79 Å². The van der Waals surface area contributed by atoms with Gasteiger partial charge in [0.05, 0.1) is 24.2 Å². The van der Waals surface area contributed by atoms with E-state index in [1.54, 1.807) is 13.4 Å². The van der Waals surface area contributed by atoms with Crippen LogP contribution in [0.5, 0.6) is 5.75 Å². The Balaban J connectivity index is 1.30. The summed E-state index contributed by atoms with van der Waals surface area (Å²) < 4.78 is 12.6. The first kappa shape index (κ1) is 21.2. The number of nitrogens with one attached hydrogen (secondary N) is 2. The summed E-state index contributed by atoms with van der Waals surface area (Å²) in [4.78, 5) is 16.8. The minimum Gasteiger partial charge on any atom is -0.497 e. The molecule has 0 bridgehead atoms. The summed E-state index contributed by atoms with van der Waals surface area (Å²) >= 11 is 0. The number of carbonyl (C=O) groups is 1. The molecule has 0 saturated carbocycles. The van der Waals surface area contributed by atoms with Crippen molar-refractivity contribution in [2.24, 2.45) is 0 Å². The molecule has 2 heterocycles. The molecule has 8 nitrogen and oxygen atoms in total. The van der Waals surface area contributed by atoms with Crippen LogP contribution in [0.15, 0.2) is 65.3 Å². The monoisotopic (exact) mass is 431 g/mol. The third-order valence-electron chi connectivity index (χ3n) is 4.91. The van der Waals surface area contributed by atoms with Gasteiger partial charge in [-0.25, -0.2) is 14.5 Å². The van der Waals surface area contributed by atoms with Crippen LogP contribution >= 0.6 is 0 Å². The van der Waals surface area contributed by atoms with Gasteiger partial charge >= 0.3 is 6.03 Å². The minimum absolute atomic E-state index is 0.283. The zero-order valence-corrected chi connectivity index (χ0v) is 18.3. The molecular formula is C24H25N5O3. The normalized spacial score (nSPS) is 10.7. The van der Waals surface area contributed by atoms with Crippen molar-refractivity contribution in [2.45, 2.75) is 20.3 Å². The molecule has 32 heavy (non-hydrogen) atoms. The quantitative estimate of drug-likeness (QED) is 0.449. The topological polar surface area (TPSA) is 94.2 Å². The Labute approximate surface area is 186 Å². The zero-order chi connectivity index (χ0) is 22.5. The van der Waals surface area contributed by atoms with E-state index in [1.165, 1.54) is 0 Å². The van der Waals surface area contributed by atoms with Crippen LogP contribution in [-0.4, -0.2) is 34.5 Å². The van der Waals surface area contributed by atoms with E-state index < -0.39 is 0 Å². The summed E-state index contributed by atoms with van der Waals surface area (Å²) in [6.07, 6.45) is 2.16. The van der Waals surface area contributed by atoms with E-state index in [4.69, 9.17) is 9.15 Å². The van der Waals surface area contributed by atoms with E-state index in [-0.39, 0.29) is 6.03 Å². The van der Waals surface area contributed by atoms with Crippen LogP contribution in [0, 0.1) is 13.8 Å². The molecule has 4 rings (SSSR count). The van der Waals surface area contributed by atoms with Gasteiger partial charge in [-0.3, -0.25) is 0 Å². The van der Waals surface area contributed by atoms with E-state index in [1.807, 2.05) is 73.1 Å². The van der Waals surface area contributed by atoms with Gasteiger partial charge in [-0.1, -0.05) is 6.07 Å². The Morgan fingerprint density at radius 1 is 1.12 bits per heavy atom. The molecule has 0 spiro atoms. The number of hydrogen-bond donors (Lipinski definition) is 2. The average molecular weight is 431 g/mol. The number of oxazole rings is 1. The molecule has 0 unspecified atom stereocenters. The highest BCUT2D eigenvalue weighted by molar-refractivity contribution is 5.89. The second-order valence-corrected chi connectivity index (χ2v) is 7.39. The zero-order valence-electron chi connectivity index (χ0n) is 18.3. The lowest BCUT2D eigenvalue weighted by Gasteiger charge is -2.09. The lowest BCUT2D eigenvalue weighted by Crippen LogP contribution is -2.30. The number of carbonyl (C=O) groups excluding carboxylic acids is 1. The molecule has 0 aliphatic rings.